The van der Waals surface area contributed by atoms with E-state index in [9.17, 15) is 0 Å². The number of halogens is 1. The normalized spacial score (nSPS) is 17.5. The van der Waals surface area contributed by atoms with Crippen LogP contribution in [0.1, 0.15) is 24.0 Å². The van der Waals surface area contributed by atoms with Gasteiger partial charge in [-0.3, -0.25) is 4.90 Å². The lowest BCUT2D eigenvalue weighted by Crippen LogP contribution is -3.00. The number of ether oxygens (including phenoxy) is 1. The first-order valence-corrected chi connectivity index (χ1v) is 7.43. The van der Waals surface area contributed by atoms with Crippen LogP contribution in [0.4, 0.5) is 11.5 Å². The summed E-state index contributed by atoms with van der Waals surface area (Å²) >= 11 is 0. The van der Waals surface area contributed by atoms with Gasteiger partial charge in [0.05, 0.1) is 25.4 Å². The molecule has 0 saturated heterocycles. The van der Waals surface area contributed by atoms with Crippen LogP contribution in [0.2, 0.25) is 0 Å². The summed E-state index contributed by atoms with van der Waals surface area (Å²) in [5, 5.41) is 0. The maximum absolute atomic E-state index is 5.23. The monoisotopic (exact) mass is 319 g/mol. The first-order valence-electron chi connectivity index (χ1n) is 7.43. The number of hydrogen-bond donors (Lipinski definition) is 1. The van der Waals surface area contributed by atoms with Crippen molar-refractivity contribution < 1.29 is 22.0 Å². The molecular weight excluding hydrogens is 298 g/mol. The molecule has 3 rings (SSSR count). The van der Waals surface area contributed by atoms with E-state index in [-0.39, 0.29) is 12.4 Å². The van der Waals surface area contributed by atoms with Gasteiger partial charge >= 0.3 is 0 Å². The Bertz CT molecular complexity index is 658. The zero-order valence-electron chi connectivity index (χ0n) is 13.5. The summed E-state index contributed by atoms with van der Waals surface area (Å²) in [7, 11) is 3.83. The van der Waals surface area contributed by atoms with E-state index in [2.05, 4.69) is 31.1 Å². The van der Waals surface area contributed by atoms with Gasteiger partial charge in [-0.15, -0.1) is 0 Å². The second-order valence-electron chi connectivity index (χ2n) is 5.91. The van der Waals surface area contributed by atoms with E-state index >= 15 is 0 Å². The zero-order chi connectivity index (χ0) is 15.0. The molecule has 1 aliphatic carbocycles. The number of hydrogen-bond acceptors (Lipinski definition) is 3. The van der Waals surface area contributed by atoms with Crippen molar-refractivity contribution in [3.8, 4) is 5.75 Å². The van der Waals surface area contributed by atoms with E-state index < -0.39 is 0 Å². The van der Waals surface area contributed by atoms with E-state index in [4.69, 9.17) is 9.72 Å². The molecule has 22 heavy (non-hydrogen) atoms. The molecule has 0 fully saturated rings. The lowest BCUT2D eigenvalue weighted by atomic mass is 10.1. The Balaban J connectivity index is 0.00000176. The van der Waals surface area contributed by atoms with Gasteiger partial charge in [-0.25, -0.2) is 4.98 Å². The fraction of sp³-hybridized carbons (Fsp3) is 0.412. The summed E-state index contributed by atoms with van der Waals surface area (Å²) in [6.45, 7) is 4.26. The Morgan fingerprint density at radius 2 is 1.82 bits per heavy atom. The first kappa shape index (κ1) is 16.7. The van der Waals surface area contributed by atoms with Crippen LogP contribution in [-0.4, -0.2) is 24.1 Å². The molecule has 1 aromatic heterocycles. The average molecular weight is 320 g/mol. The molecule has 0 radical (unpaired) electrons. The molecule has 0 amide bonds. The van der Waals surface area contributed by atoms with Crippen LogP contribution in [0.3, 0.4) is 0 Å². The number of aryl methyl sites for hydroxylation is 1. The Hall–Kier alpha value is -1.65. The average Bonchev–Trinajstić information content (AvgIpc) is 2.85. The largest absolute Gasteiger partial charge is 1.00 e. The third-order valence-electron chi connectivity index (χ3n) is 4.18. The van der Waals surface area contributed by atoms with Crippen LogP contribution in [0.15, 0.2) is 24.3 Å². The molecule has 4 nitrogen and oxygen atoms in total. The van der Waals surface area contributed by atoms with Gasteiger partial charge in [-0.1, -0.05) is 6.92 Å². The molecule has 0 bridgehead atoms. The molecule has 1 heterocycles. The number of nitrogens with zero attached hydrogens (tertiary/aromatic N) is 2. The Morgan fingerprint density at radius 1 is 1.14 bits per heavy atom. The van der Waals surface area contributed by atoms with Gasteiger partial charge in [0.25, 0.3) is 0 Å². The summed E-state index contributed by atoms with van der Waals surface area (Å²) in [6.07, 6.45) is 2.15. The first-order chi connectivity index (χ1) is 10.1. The third kappa shape index (κ3) is 3.08. The molecule has 2 atom stereocenters. The Kier molecular flexibility index (Phi) is 5.04. The number of methoxy groups -OCH3 is 1. The summed E-state index contributed by atoms with van der Waals surface area (Å²) < 4.78 is 5.23. The molecular formula is C17H22ClN3O. The van der Waals surface area contributed by atoms with Gasteiger partial charge in [0, 0.05) is 12.1 Å². The minimum Gasteiger partial charge on any atom is -1.00 e. The molecule has 0 aliphatic heterocycles. The topological polar surface area (TPSA) is 39.5 Å². The van der Waals surface area contributed by atoms with Crippen molar-refractivity contribution in [2.24, 2.45) is 5.92 Å². The molecule has 5 heteroatoms. The summed E-state index contributed by atoms with van der Waals surface area (Å²) in [5.74, 6) is 3.53. The highest BCUT2D eigenvalue weighted by Gasteiger charge is 2.28. The van der Waals surface area contributed by atoms with Crippen molar-refractivity contribution in [3.05, 3.63) is 41.3 Å². The Morgan fingerprint density at radius 3 is 2.45 bits per heavy atom. The van der Waals surface area contributed by atoms with E-state index in [1.807, 2.05) is 19.1 Å². The fourth-order valence-electron chi connectivity index (χ4n) is 3.08. The summed E-state index contributed by atoms with van der Waals surface area (Å²) in [5.41, 5.74) is 3.76. The predicted molar refractivity (Wildman–Crippen MR) is 82.5 cm³/mol. The van der Waals surface area contributed by atoms with Crippen molar-refractivity contribution in [1.29, 1.82) is 0 Å². The third-order valence-corrected chi connectivity index (χ3v) is 4.18. The highest BCUT2D eigenvalue weighted by Crippen LogP contribution is 2.28. The molecule has 0 spiro atoms. The summed E-state index contributed by atoms with van der Waals surface area (Å²) in [4.78, 5) is 10.6. The molecule has 1 aromatic carbocycles. The number of rotatable bonds is 3. The van der Waals surface area contributed by atoms with E-state index in [0.29, 0.717) is 5.92 Å². The predicted octanol–water partition coefficient (Wildman–Crippen LogP) is -0.990. The van der Waals surface area contributed by atoms with Gasteiger partial charge < -0.3 is 17.1 Å². The molecule has 1 aliphatic rings. The van der Waals surface area contributed by atoms with E-state index in [1.165, 1.54) is 21.8 Å². The highest BCUT2D eigenvalue weighted by molar-refractivity contribution is 5.44. The van der Waals surface area contributed by atoms with Crippen molar-refractivity contribution >= 4 is 11.5 Å². The molecule has 2 aromatic rings. The smallest absolute Gasteiger partial charge is 0.237 e. The number of nitrogens with one attached hydrogen (secondary N) is 1. The van der Waals surface area contributed by atoms with Crippen LogP contribution in [-0.2, 0) is 12.8 Å². The van der Waals surface area contributed by atoms with Crippen molar-refractivity contribution in [1.82, 2.24) is 9.97 Å². The number of fused-ring (bicyclic) bond motifs is 1. The standard InChI is InChI=1S/C17H21N3O.ClH/c1-11-9-15-16(10-11)18-12(2)19-17(15)20(3)13-5-7-14(21-4)8-6-13;/h5-8,11H,9-10H2,1-4H3;1H/t11-;/m0./s1. The maximum Gasteiger partial charge on any atom is 0.237 e. The minimum atomic E-state index is 0. The second-order valence-corrected chi connectivity index (χ2v) is 5.91. The van der Waals surface area contributed by atoms with E-state index in [0.717, 1.165) is 30.2 Å². The fourth-order valence-corrected chi connectivity index (χ4v) is 3.08. The Labute approximate surface area is 138 Å². The van der Waals surface area contributed by atoms with Crippen molar-refractivity contribution in [3.63, 3.8) is 0 Å². The van der Waals surface area contributed by atoms with Gasteiger partial charge in [0.15, 0.2) is 0 Å². The number of quaternary nitrogens is 1. The zero-order valence-corrected chi connectivity index (χ0v) is 14.2. The van der Waals surface area contributed by atoms with Crippen LogP contribution < -0.4 is 22.0 Å². The van der Waals surface area contributed by atoms with Crippen LogP contribution in [0.5, 0.6) is 5.75 Å². The van der Waals surface area contributed by atoms with Gasteiger partial charge in [-0.05, 0) is 37.8 Å². The van der Waals surface area contributed by atoms with Gasteiger partial charge in [0.1, 0.15) is 17.3 Å². The lowest BCUT2D eigenvalue weighted by Gasteiger charge is -2.15. The quantitative estimate of drug-likeness (QED) is 0.790. The van der Waals surface area contributed by atoms with Crippen LogP contribution in [0, 0.1) is 12.8 Å². The number of benzene rings is 1. The maximum atomic E-state index is 5.23. The van der Waals surface area contributed by atoms with Crippen molar-refractivity contribution in [2.45, 2.75) is 26.7 Å². The molecule has 1 unspecified atom stereocenters. The molecule has 118 valence electrons. The van der Waals surface area contributed by atoms with E-state index in [1.54, 1.807) is 7.11 Å². The minimum absolute atomic E-state index is 0. The molecule has 0 saturated carbocycles. The van der Waals surface area contributed by atoms with Crippen LogP contribution in [0.25, 0.3) is 0 Å². The summed E-state index contributed by atoms with van der Waals surface area (Å²) in [6, 6.07) is 8.18. The second kappa shape index (κ2) is 6.63. The molecule has 1 N–H and O–H groups in total. The van der Waals surface area contributed by atoms with Crippen LogP contribution >= 0.6 is 0 Å². The van der Waals surface area contributed by atoms with Crippen molar-refractivity contribution in [2.75, 3.05) is 14.2 Å². The highest BCUT2D eigenvalue weighted by atomic mass is 35.5. The lowest BCUT2D eigenvalue weighted by molar-refractivity contribution is -0.738. The number of aromatic nitrogens is 2. The SMILES string of the molecule is COc1ccc([NH+](C)c2nc(C)nc3c2C[C@H](C)C3)cc1.[Cl-]. The van der Waals surface area contributed by atoms with Gasteiger partial charge in [-0.2, -0.15) is 4.98 Å². The van der Waals surface area contributed by atoms with Gasteiger partial charge in [0.2, 0.25) is 5.82 Å².